The summed E-state index contributed by atoms with van der Waals surface area (Å²) >= 11 is 0. The van der Waals surface area contributed by atoms with Crippen molar-refractivity contribution in [3.63, 3.8) is 0 Å². The Hall–Kier alpha value is -2.34. The number of aromatic nitrogens is 2. The Morgan fingerprint density at radius 2 is 2.00 bits per heavy atom. The van der Waals surface area contributed by atoms with Gasteiger partial charge in [-0.2, -0.15) is 5.10 Å². The molecule has 0 radical (unpaired) electrons. The zero-order valence-corrected chi connectivity index (χ0v) is 16.7. The van der Waals surface area contributed by atoms with E-state index in [9.17, 15) is 4.79 Å². The Labute approximate surface area is 161 Å². The predicted octanol–water partition coefficient (Wildman–Crippen LogP) is 2.78. The van der Waals surface area contributed by atoms with Crippen molar-refractivity contribution in [3.8, 4) is 0 Å². The van der Waals surface area contributed by atoms with Crippen molar-refractivity contribution >= 4 is 11.6 Å². The van der Waals surface area contributed by atoms with Crippen molar-refractivity contribution in [2.24, 2.45) is 0 Å². The molecule has 1 amide bonds. The number of anilines is 1. The average Bonchev–Trinajstić information content (AvgIpc) is 3.16. The summed E-state index contributed by atoms with van der Waals surface area (Å²) in [6.07, 6.45) is 0.956. The number of aromatic amines is 1. The van der Waals surface area contributed by atoms with E-state index in [2.05, 4.69) is 70.4 Å². The van der Waals surface area contributed by atoms with Crippen molar-refractivity contribution in [1.29, 1.82) is 0 Å². The maximum absolute atomic E-state index is 12.1. The second-order valence-electron chi connectivity index (χ2n) is 7.64. The van der Waals surface area contributed by atoms with Crippen LogP contribution in [0.2, 0.25) is 0 Å². The molecule has 0 aliphatic carbocycles. The van der Waals surface area contributed by atoms with Crippen molar-refractivity contribution in [1.82, 2.24) is 20.4 Å². The normalized spacial score (nSPS) is 15.3. The average molecular weight is 370 g/mol. The first-order chi connectivity index (χ1) is 13.0. The molecule has 0 spiro atoms. The molecule has 0 saturated carbocycles. The maximum atomic E-state index is 12.1. The third-order valence-corrected chi connectivity index (χ3v) is 5.13. The van der Waals surface area contributed by atoms with Gasteiger partial charge in [0.05, 0.1) is 0 Å². The summed E-state index contributed by atoms with van der Waals surface area (Å²) in [5.74, 6) is 0.250. The number of nitrogens with one attached hydrogen (secondary N) is 2. The van der Waals surface area contributed by atoms with Crippen molar-refractivity contribution in [2.75, 3.05) is 44.2 Å². The van der Waals surface area contributed by atoms with Crippen LogP contribution in [0.3, 0.4) is 0 Å². The number of carbonyl (C=O) groups is 1. The Bertz CT molecular complexity index is 747. The van der Waals surface area contributed by atoms with Gasteiger partial charge < -0.3 is 10.2 Å². The van der Waals surface area contributed by atoms with Crippen LogP contribution in [0.1, 0.15) is 47.9 Å². The topological polar surface area (TPSA) is 64.3 Å². The van der Waals surface area contributed by atoms with E-state index in [1.807, 2.05) is 6.07 Å². The molecule has 1 fully saturated rings. The molecule has 0 bridgehead atoms. The van der Waals surface area contributed by atoms with Crippen LogP contribution in [0.25, 0.3) is 0 Å². The number of hydrogen-bond donors (Lipinski definition) is 2. The summed E-state index contributed by atoms with van der Waals surface area (Å²) in [4.78, 5) is 17.1. The van der Waals surface area contributed by atoms with E-state index in [1.54, 1.807) is 0 Å². The van der Waals surface area contributed by atoms with Crippen LogP contribution in [0, 0.1) is 6.92 Å². The molecule has 1 aliphatic heterocycles. The molecule has 27 heavy (non-hydrogen) atoms. The fourth-order valence-electron chi connectivity index (χ4n) is 3.40. The number of rotatable bonds is 7. The van der Waals surface area contributed by atoms with Crippen molar-refractivity contribution < 1.29 is 4.79 Å². The molecule has 1 aliphatic rings. The largest absolute Gasteiger partial charge is 0.369 e. The molecule has 2 heterocycles. The van der Waals surface area contributed by atoms with E-state index in [0.717, 1.165) is 44.8 Å². The van der Waals surface area contributed by atoms with Crippen molar-refractivity contribution in [2.45, 2.75) is 33.1 Å². The summed E-state index contributed by atoms with van der Waals surface area (Å²) in [6.45, 7) is 12.2. The highest BCUT2D eigenvalue weighted by atomic mass is 16.1. The lowest BCUT2D eigenvalue weighted by Gasteiger charge is -2.36. The fourth-order valence-corrected chi connectivity index (χ4v) is 3.40. The monoisotopic (exact) mass is 369 g/mol. The molecule has 1 aromatic carbocycles. The second-order valence-corrected chi connectivity index (χ2v) is 7.64. The predicted molar refractivity (Wildman–Crippen MR) is 109 cm³/mol. The standard InChI is InChI=1S/C21H31N5O/c1-16(2)19-15-20(24-23-19)21(27)22-8-5-9-25-10-12-26(13-11-25)18-7-4-6-17(3)14-18/h4,6-7,14-16H,5,8-13H2,1-3H3,(H,22,27)(H,23,24). The molecule has 2 N–H and O–H groups in total. The van der Waals surface area contributed by atoms with Crippen LogP contribution in [0.15, 0.2) is 30.3 Å². The number of aryl methyl sites for hydroxylation is 1. The SMILES string of the molecule is Cc1cccc(N2CCN(CCCNC(=O)c3cc(C(C)C)[nH]n3)CC2)c1. The van der Waals surface area contributed by atoms with Crippen LogP contribution in [-0.4, -0.2) is 60.3 Å². The number of carbonyl (C=O) groups excluding carboxylic acids is 1. The molecule has 0 atom stereocenters. The Morgan fingerprint density at radius 1 is 1.22 bits per heavy atom. The number of hydrogen-bond acceptors (Lipinski definition) is 4. The summed E-state index contributed by atoms with van der Waals surface area (Å²) < 4.78 is 0. The number of nitrogens with zero attached hydrogens (tertiary/aromatic N) is 3. The highest BCUT2D eigenvalue weighted by Gasteiger charge is 2.17. The highest BCUT2D eigenvalue weighted by Crippen LogP contribution is 2.17. The van der Waals surface area contributed by atoms with Gasteiger partial charge in [0.15, 0.2) is 0 Å². The number of H-pyrrole nitrogens is 1. The van der Waals surface area contributed by atoms with E-state index in [4.69, 9.17) is 0 Å². The molecule has 2 aromatic rings. The lowest BCUT2D eigenvalue weighted by Crippen LogP contribution is -2.47. The minimum absolute atomic E-state index is 0.0950. The molecular weight excluding hydrogens is 338 g/mol. The zero-order chi connectivity index (χ0) is 19.2. The highest BCUT2D eigenvalue weighted by molar-refractivity contribution is 5.92. The van der Waals surface area contributed by atoms with Crippen LogP contribution in [-0.2, 0) is 0 Å². The molecular formula is C21H31N5O. The van der Waals surface area contributed by atoms with Gasteiger partial charge in [0.2, 0.25) is 0 Å². The van der Waals surface area contributed by atoms with Gasteiger partial charge in [-0.25, -0.2) is 0 Å². The number of piperazine rings is 1. The maximum Gasteiger partial charge on any atom is 0.271 e. The van der Waals surface area contributed by atoms with E-state index >= 15 is 0 Å². The quantitative estimate of drug-likeness (QED) is 0.737. The Balaban J connectivity index is 1.35. The Kier molecular flexibility index (Phi) is 6.50. The number of benzene rings is 1. The summed E-state index contributed by atoms with van der Waals surface area (Å²) in [5, 5.41) is 9.99. The molecule has 146 valence electrons. The summed E-state index contributed by atoms with van der Waals surface area (Å²) in [7, 11) is 0. The first-order valence-corrected chi connectivity index (χ1v) is 9.90. The first-order valence-electron chi connectivity index (χ1n) is 9.90. The lowest BCUT2D eigenvalue weighted by atomic mass is 10.1. The van der Waals surface area contributed by atoms with E-state index < -0.39 is 0 Å². The molecule has 6 nitrogen and oxygen atoms in total. The first kappa shape index (κ1) is 19.4. The Morgan fingerprint density at radius 3 is 2.67 bits per heavy atom. The summed E-state index contributed by atoms with van der Waals surface area (Å²) in [6, 6.07) is 10.6. The van der Waals surface area contributed by atoms with Gasteiger partial charge in [-0.05, 0) is 49.6 Å². The minimum atomic E-state index is -0.0950. The molecule has 3 rings (SSSR count). The molecule has 0 unspecified atom stereocenters. The van der Waals surface area contributed by atoms with Crippen LogP contribution in [0.5, 0.6) is 0 Å². The van der Waals surface area contributed by atoms with Crippen molar-refractivity contribution in [3.05, 3.63) is 47.3 Å². The fraction of sp³-hybridized carbons (Fsp3) is 0.524. The smallest absolute Gasteiger partial charge is 0.271 e. The van der Waals surface area contributed by atoms with Gasteiger partial charge in [-0.1, -0.05) is 26.0 Å². The van der Waals surface area contributed by atoms with Crippen LogP contribution >= 0.6 is 0 Å². The van der Waals surface area contributed by atoms with Gasteiger partial charge in [0, 0.05) is 44.1 Å². The molecule has 1 saturated heterocycles. The van der Waals surface area contributed by atoms with Crippen LogP contribution < -0.4 is 10.2 Å². The van der Waals surface area contributed by atoms with E-state index in [-0.39, 0.29) is 5.91 Å². The third-order valence-electron chi connectivity index (χ3n) is 5.13. The van der Waals surface area contributed by atoms with Crippen LogP contribution in [0.4, 0.5) is 5.69 Å². The number of amides is 1. The molecule has 6 heteroatoms. The third kappa shape index (κ3) is 5.32. The van der Waals surface area contributed by atoms with Gasteiger partial charge >= 0.3 is 0 Å². The van der Waals surface area contributed by atoms with Gasteiger partial charge in [0.1, 0.15) is 5.69 Å². The van der Waals surface area contributed by atoms with E-state index in [0.29, 0.717) is 18.2 Å². The van der Waals surface area contributed by atoms with Gasteiger partial charge in [-0.3, -0.25) is 14.8 Å². The van der Waals surface area contributed by atoms with E-state index in [1.165, 1.54) is 11.3 Å². The zero-order valence-electron chi connectivity index (χ0n) is 16.7. The van der Waals surface area contributed by atoms with Gasteiger partial charge in [-0.15, -0.1) is 0 Å². The van der Waals surface area contributed by atoms with Gasteiger partial charge in [0.25, 0.3) is 5.91 Å². The molecule has 1 aromatic heterocycles. The second kappa shape index (κ2) is 9.04. The summed E-state index contributed by atoms with van der Waals surface area (Å²) in [5.41, 5.74) is 4.10. The lowest BCUT2D eigenvalue weighted by molar-refractivity contribution is 0.0946. The minimum Gasteiger partial charge on any atom is -0.369 e.